The number of hydrogen-bond donors (Lipinski definition) is 2. The molecule has 6 nitrogen and oxygen atoms in total. The van der Waals surface area contributed by atoms with Crippen LogP contribution < -0.4 is 5.32 Å². The number of anilines is 1. The summed E-state index contributed by atoms with van der Waals surface area (Å²) in [5, 5.41) is 16.7. The second kappa shape index (κ2) is 7.01. The third kappa shape index (κ3) is 3.82. The molecule has 0 aliphatic rings. The molecule has 0 saturated carbocycles. The number of nitrogens with one attached hydrogen (secondary N) is 1. The van der Waals surface area contributed by atoms with E-state index in [0.717, 1.165) is 5.56 Å². The highest BCUT2D eigenvalue weighted by Gasteiger charge is 2.14. The van der Waals surface area contributed by atoms with Gasteiger partial charge in [0.1, 0.15) is 12.1 Å². The third-order valence-corrected chi connectivity index (χ3v) is 3.37. The summed E-state index contributed by atoms with van der Waals surface area (Å²) in [5.74, 6) is -1.05. The fourth-order valence-electron chi connectivity index (χ4n) is 2.20. The van der Waals surface area contributed by atoms with Gasteiger partial charge in [0, 0.05) is 5.69 Å². The summed E-state index contributed by atoms with van der Waals surface area (Å²) in [6, 6.07) is 14.7. The van der Waals surface area contributed by atoms with Gasteiger partial charge in [0.25, 0.3) is 5.91 Å². The molecular formula is C17H15FN4O2. The lowest BCUT2D eigenvalue weighted by molar-refractivity contribution is 0.101. The zero-order chi connectivity index (χ0) is 16.9. The van der Waals surface area contributed by atoms with Crippen LogP contribution in [0.25, 0.3) is 0 Å². The van der Waals surface area contributed by atoms with Gasteiger partial charge in [-0.15, -0.1) is 5.10 Å². The summed E-state index contributed by atoms with van der Waals surface area (Å²) < 4.78 is 14.5. The van der Waals surface area contributed by atoms with E-state index in [9.17, 15) is 14.3 Å². The molecule has 1 aromatic heterocycles. The summed E-state index contributed by atoms with van der Waals surface area (Å²) in [7, 11) is 0. The van der Waals surface area contributed by atoms with Crippen LogP contribution in [0, 0.1) is 5.82 Å². The van der Waals surface area contributed by atoms with Gasteiger partial charge < -0.3 is 10.4 Å². The number of rotatable bonds is 5. The standard InChI is InChI=1S/C17H15FN4O2/c18-13-7-4-8-14(9-13)20-17(24)16-19-11-22(21-16)10-15(23)12-5-2-1-3-6-12/h1-9,11,15,23H,10H2,(H,20,24). The first kappa shape index (κ1) is 15.8. The van der Waals surface area contributed by atoms with Crippen LogP contribution in [0.4, 0.5) is 10.1 Å². The second-order valence-corrected chi connectivity index (χ2v) is 5.18. The van der Waals surface area contributed by atoms with Crippen molar-refractivity contribution in [3.63, 3.8) is 0 Å². The Balaban J connectivity index is 1.65. The molecule has 0 fully saturated rings. The molecule has 0 saturated heterocycles. The van der Waals surface area contributed by atoms with E-state index in [1.54, 1.807) is 18.2 Å². The van der Waals surface area contributed by atoms with Gasteiger partial charge in [0.15, 0.2) is 0 Å². The fraction of sp³-hybridized carbons (Fsp3) is 0.118. The van der Waals surface area contributed by atoms with Crippen molar-refractivity contribution in [1.82, 2.24) is 14.8 Å². The quantitative estimate of drug-likeness (QED) is 0.754. The predicted molar refractivity (Wildman–Crippen MR) is 85.8 cm³/mol. The number of carbonyl (C=O) groups is 1. The van der Waals surface area contributed by atoms with E-state index in [1.165, 1.54) is 29.2 Å². The summed E-state index contributed by atoms with van der Waals surface area (Å²) in [5.41, 5.74) is 1.07. The van der Waals surface area contributed by atoms with Crippen molar-refractivity contribution in [2.75, 3.05) is 5.32 Å². The summed E-state index contributed by atoms with van der Waals surface area (Å²) in [6.07, 6.45) is 0.610. The number of nitrogens with zero attached hydrogens (tertiary/aromatic N) is 3. The minimum absolute atomic E-state index is 0.0560. The maximum absolute atomic E-state index is 13.1. The molecule has 0 bridgehead atoms. The largest absolute Gasteiger partial charge is 0.386 e. The van der Waals surface area contributed by atoms with Gasteiger partial charge in [0.2, 0.25) is 5.82 Å². The molecule has 3 aromatic rings. The highest BCUT2D eigenvalue weighted by Crippen LogP contribution is 2.14. The van der Waals surface area contributed by atoms with Crippen molar-refractivity contribution >= 4 is 11.6 Å². The van der Waals surface area contributed by atoms with E-state index < -0.39 is 17.8 Å². The minimum atomic E-state index is -0.757. The zero-order valence-electron chi connectivity index (χ0n) is 12.6. The highest BCUT2D eigenvalue weighted by atomic mass is 19.1. The lowest BCUT2D eigenvalue weighted by Crippen LogP contribution is -2.15. The first-order chi connectivity index (χ1) is 11.6. The van der Waals surface area contributed by atoms with Gasteiger partial charge >= 0.3 is 0 Å². The maximum atomic E-state index is 13.1. The SMILES string of the molecule is O=C(Nc1cccc(F)c1)c1ncn(CC(O)c2ccccc2)n1. The van der Waals surface area contributed by atoms with Gasteiger partial charge in [-0.05, 0) is 23.8 Å². The Hall–Kier alpha value is -3.06. The van der Waals surface area contributed by atoms with E-state index in [4.69, 9.17) is 0 Å². The molecule has 2 aromatic carbocycles. The first-order valence-electron chi connectivity index (χ1n) is 7.31. The minimum Gasteiger partial charge on any atom is -0.386 e. The Kier molecular flexibility index (Phi) is 4.62. The van der Waals surface area contributed by atoms with Crippen LogP contribution >= 0.6 is 0 Å². The molecule has 1 atom stereocenters. The molecule has 0 aliphatic carbocycles. The van der Waals surface area contributed by atoms with E-state index in [2.05, 4.69) is 15.4 Å². The molecule has 24 heavy (non-hydrogen) atoms. The van der Waals surface area contributed by atoms with Crippen LogP contribution in [0.15, 0.2) is 60.9 Å². The van der Waals surface area contributed by atoms with Gasteiger partial charge in [0.05, 0.1) is 12.6 Å². The monoisotopic (exact) mass is 326 g/mol. The molecule has 1 unspecified atom stereocenters. The Labute approximate surface area is 137 Å². The number of benzene rings is 2. The Morgan fingerprint density at radius 1 is 1.21 bits per heavy atom. The van der Waals surface area contributed by atoms with E-state index in [0.29, 0.717) is 5.69 Å². The van der Waals surface area contributed by atoms with Crippen LogP contribution in [-0.2, 0) is 6.54 Å². The molecule has 2 N–H and O–H groups in total. The number of amides is 1. The number of carbonyl (C=O) groups excluding carboxylic acids is 1. The maximum Gasteiger partial charge on any atom is 0.295 e. The highest BCUT2D eigenvalue weighted by molar-refractivity contribution is 6.01. The normalized spacial score (nSPS) is 11.9. The molecule has 1 amide bonds. The van der Waals surface area contributed by atoms with Crippen molar-refractivity contribution in [3.05, 3.63) is 78.1 Å². The smallest absolute Gasteiger partial charge is 0.295 e. The Bertz CT molecular complexity index is 835. The molecule has 122 valence electrons. The molecule has 3 rings (SSSR count). The summed E-state index contributed by atoms with van der Waals surface area (Å²) in [4.78, 5) is 16.0. The number of halogens is 1. The van der Waals surface area contributed by atoms with Gasteiger partial charge in [-0.1, -0.05) is 36.4 Å². The zero-order valence-corrected chi connectivity index (χ0v) is 12.6. The lowest BCUT2D eigenvalue weighted by Gasteiger charge is -2.10. The van der Waals surface area contributed by atoms with Crippen molar-refractivity contribution < 1.29 is 14.3 Å². The summed E-state index contributed by atoms with van der Waals surface area (Å²) in [6.45, 7) is 0.171. The van der Waals surface area contributed by atoms with E-state index >= 15 is 0 Å². The molecular weight excluding hydrogens is 311 g/mol. The van der Waals surface area contributed by atoms with E-state index in [1.807, 2.05) is 18.2 Å². The van der Waals surface area contributed by atoms with Crippen LogP contribution in [0.3, 0.4) is 0 Å². The van der Waals surface area contributed by atoms with Crippen LogP contribution in [0.1, 0.15) is 22.3 Å². The molecule has 7 heteroatoms. The average molecular weight is 326 g/mol. The van der Waals surface area contributed by atoms with Crippen LogP contribution in [0.2, 0.25) is 0 Å². The average Bonchev–Trinajstić information content (AvgIpc) is 3.04. The number of aliphatic hydroxyl groups excluding tert-OH is 1. The van der Waals surface area contributed by atoms with Crippen molar-refractivity contribution in [2.24, 2.45) is 0 Å². The predicted octanol–water partition coefficient (Wildman–Crippen LogP) is 2.40. The Morgan fingerprint density at radius 2 is 2.00 bits per heavy atom. The Morgan fingerprint density at radius 3 is 2.75 bits per heavy atom. The van der Waals surface area contributed by atoms with Crippen LogP contribution in [-0.4, -0.2) is 25.8 Å². The number of hydrogen-bond acceptors (Lipinski definition) is 4. The van der Waals surface area contributed by atoms with Crippen molar-refractivity contribution in [3.8, 4) is 0 Å². The number of aliphatic hydroxyl groups is 1. The van der Waals surface area contributed by atoms with Gasteiger partial charge in [-0.2, -0.15) is 0 Å². The first-order valence-corrected chi connectivity index (χ1v) is 7.31. The summed E-state index contributed by atoms with van der Waals surface area (Å²) >= 11 is 0. The van der Waals surface area contributed by atoms with Crippen molar-refractivity contribution in [1.29, 1.82) is 0 Å². The van der Waals surface area contributed by atoms with E-state index in [-0.39, 0.29) is 12.4 Å². The molecule has 0 spiro atoms. The molecule has 0 radical (unpaired) electrons. The van der Waals surface area contributed by atoms with Crippen LogP contribution in [0.5, 0.6) is 0 Å². The number of aromatic nitrogens is 3. The van der Waals surface area contributed by atoms with Crippen molar-refractivity contribution in [2.45, 2.75) is 12.6 Å². The van der Waals surface area contributed by atoms with Gasteiger partial charge in [-0.3, -0.25) is 4.79 Å². The molecule has 0 aliphatic heterocycles. The topological polar surface area (TPSA) is 80.0 Å². The fourth-order valence-corrected chi connectivity index (χ4v) is 2.20. The third-order valence-electron chi connectivity index (χ3n) is 3.37. The molecule has 1 heterocycles. The van der Waals surface area contributed by atoms with Gasteiger partial charge in [-0.25, -0.2) is 14.1 Å². The second-order valence-electron chi connectivity index (χ2n) is 5.18. The lowest BCUT2D eigenvalue weighted by atomic mass is 10.1.